The maximum absolute atomic E-state index is 12.3. The molecule has 0 fully saturated rings. The Morgan fingerprint density at radius 1 is 1.21 bits per heavy atom. The van der Waals surface area contributed by atoms with Crippen LogP contribution in [0.1, 0.15) is 53.2 Å². The zero-order chi connectivity index (χ0) is 18.3. The SMILES string of the molecule is CC1=C(OC(=O)C(C)(C)C)C(C)(C)C(c2ccc(Br)cc2)OC1=O. The maximum atomic E-state index is 12.3. The molecule has 5 heteroatoms. The Morgan fingerprint density at radius 2 is 1.75 bits per heavy atom. The number of carbonyl (C=O) groups excluding carboxylic acids is 2. The summed E-state index contributed by atoms with van der Waals surface area (Å²) in [6.45, 7) is 10.8. The van der Waals surface area contributed by atoms with Gasteiger partial charge < -0.3 is 9.47 Å². The van der Waals surface area contributed by atoms with E-state index in [1.54, 1.807) is 27.7 Å². The molecule has 0 saturated carbocycles. The number of esters is 2. The van der Waals surface area contributed by atoms with Gasteiger partial charge in [0.05, 0.1) is 16.4 Å². The molecule has 1 heterocycles. The lowest BCUT2D eigenvalue weighted by Crippen LogP contribution is -2.38. The van der Waals surface area contributed by atoms with Crippen LogP contribution < -0.4 is 0 Å². The van der Waals surface area contributed by atoms with Crippen LogP contribution in [0.4, 0.5) is 0 Å². The first-order chi connectivity index (χ1) is 10.9. The van der Waals surface area contributed by atoms with Crippen molar-refractivity contribution in [2.24, 2.45) is 10.8 Å². The first-order valence-electron chi connectivity index (χ1n) is 7.84. The smallest absolute Gasteiger partial charge is 0.337 e. The maximum Gasteiger partial charge on any atom is 0.337 e. The molecule has 1 unspecified atom stereocenters. The number of ether oxygens (including phenoxy) is 2. The van der Waals surface area contributed by atoms with Gasteiger partial charge in [0.25, 0.3) is 0 Å². The van der Waals surface area contributed by atoms with Crippen molar-refractivity contribution in [2.45, 2.75) is 47.6 Å². The Kier molecular flexibility index (Phi) is 4.96. The third-order valence-corrected chi connectivity index (χ3v) is 4.62. The summed E-state index contributed by atoms with van der Waals surface area (Å²) in [6, 6.07) is 7.58. The van der Waals surface area contributed by atoms with Gasteiger partial charge in [-0.2, -0.15) is 0 Å². The molecule has 0 saturated heterocycles. The third-order valence-electron chi connectivity index (χ3n) is 4.09. The van der Waals surface area contributed by atoms with E-state index in [0.29, 0.717) is 11.3 Å². The topological polar surface area (TPSA) is 52.6 Å². The summed E-state index contributed by atoms with van der Waals surface area (Å²) in [7, 11) is 0. The van der Waals surface area contributed by atoms with E-state index in [-0.39, 0.29) is 5.97 Å². The van der Waals surface area contributed by atoms with Gasteiger partial charge >= 0.3 is 11.9 Å². The van der Waals surface area contributed by atoms with E-state index >= 15 is 0 Å². The highest BCUT2D eigenvalue weighted by Crippen LogP contribution is 2.48. The highest BCUT2D eigenvalue weighted by molar-refractivity contribution is 9.10. The molecule has 4 nitrogen and oxygen atoms in total. The minimum absolute atomic E-state index is 0.339. The summed E-state index contributed by atoms with van der Waals surface area (Å²) >= 11 is 3.40. The lowest BCUT2D eigenvalue weighted by Gasteiger charge is -2.40. The number of benzene rings is 1. The van der Waals surface area contributed by atoms with Gasteiger partial charge in [0.1, 0.15) is 11.9 Å². The molecule has 0 spiro atoms. The molecule has 0 bridgehead atoms. The van der Waals surface area contributed by atoms with E-state index in [4.69, 9.17) is 9.47 Å². The van der Waals surface area contributed by atoms with Crippen LogP contribution in [-0.2, 0) is 19.1 Å². The minimum Gasteiger partial charge on any atom is -0.453 e. The van der Waals surface area contributed by atoms with Crippen LogP contribution in [0.15, 0.2) is 40.1 Å². The molecule has 0 aliphatic carbocycles. The van der Waals surface area contributed by atoms with Gasteiger partial charge in [0.2, 0.25) is 0 Å². The molecule has 0 N–H and O–H groups in total. The Morgan fingerprint density at radius 3 is 2.25 bits per heavy atom. The number of carbonyl (C=O) groups is 2. The Balaban J connectivity index is 2.45. The first kappa shape index (κ1) is 18.7. The second-order valence-electron chi connectivity index (χ2n) is 7.65. The zero-order valence-corrected chi connectivity index (χ0v) is 16.5. The highest BCUT2D eigenvalue weighted by atomic mass is 79.9. The van der Waals surface area contributed by atoms with E-state index in [1.165, 1.54) is 0 Å². The number of hydrogen-bond donors (Lipinski definition) is 0. The fourth-order valence-electron chi connectivity index (χ4n) is 2.61. The minimum atomic E-state index is -0.660. The lowest BCUT2D eigenvalue weighted by atomic mass is 9.77. The molecule has 1 aromatic rings. The molecule has 0 aromatic heterocycles. The number of halogens is 1. The molecule has 2 rings (SSSR count). The molecule has 1 aromatic carbocycles. The van der Waals surface area contributed by atoms with E-state index in [0.717, 1.165) is 10.0 Å². The van der Waals surface area contributed by atoms with Crippen LogP contribution in [0, 0.1) is 10.8 Å². The van der Waals surface area contributed by atoms with Crippen LogP contribution in [0.3, 0.4) is 0 Å². The standard InChI is InChI=1S/C19H23BrO4/c1-11-14(24-17(22)18(2,3)4)19(5,6)15(23-16(11)21)12-7-9-13(20)10-8-12/h7-10,15H,1-6H3. The van der Waals surface area contributed by atoms with Crippen molar-refractivity contribution in [2.75, 3.05) is 0 Å². The summed E-state index contributed by atoms with van der Waals surface area (Å²) < 4.78 is 12.2. The van der Waals surface area contributed by atoms with Gasteiger partial charge in [-0.15, -0.1) is 0 Å². The molecule has 130 valence electrons. The van der Waals surface area contributed by atoms with Crippen molar-refractivity contribution >= 4 is 27.9 Å². The average Bonchev–Trinajstić information content (AvgIpc) is 2.47. The van der Waals surface area contributed by atoms with Gasteiger partial charge in [-0.3, -0.25) is 4.79 Å². The van der Waals surface area contributed by atoms with Gasteiger partial charge in [-0.25, -0.2) is 4.79 Å². The molecule has 0 amide bonds. The van der Waals surface area contributed by atoms with E-state index in [2.05, 4.69) is 15.9 Å². The van der Waals surface area contributed by atoms with Crippen molar-refractivity contribution in [1.82, 2.24) is 0 Å². The van der Waals surface area contributed by atoms with Crippen LogP contribution in [0.25, 0.3) is 0 Å². The van der Waals surface area contributed by atoms with Crippen molar-refractivity contribution in [3.8, 4) is 0 Å². The van der Waals surface area contributed by atoms with Crippen LogP contribution in [-0.4, -0.2) is 11.9 Å². The van der Waals surface area contributed by atoms with Crippen molar-refractivity contribution in [3.05, 3.63) is 45.6 Å². The summed E-state index contributed by atoms with van der Waals surface area (Å²) in [4.78, 5) is 24.6. The highest BCUT2D eigenvalue weighted by Gasteiger charge is 2.46. The number of hydrogen-bond acceptors (Lipinski definition) is 4. The average molecular weight is 395 g/mol. The predicted octanol–water partition coefficient (Wildman–Crippen LogP) is 4.94. The van der Waals surface area contributed by atoms with Crippen LogP contribution >= 0.6 is 15.9 Å². The molecule has 0 radical (unpaired) electrons. The molecular weight excluding hydrogens is 372 g/mol. The van der Waals surface area contributed by atoms with Gasteiger partial charge in [0.15, 0.2) is 0 Å². The Bertz CT molecular complexity index is 693. The fraction of sp³-hybridized carbons (Fsp3) is 0.474. The van der Waals surface area contributed by atoms with Crippen LogP contribution in [0.2, 0.25) is 0 Å². The zero-order valence-electron chi connectivity index (χ0n) is 14.9. The van der Waals surface area contributed by atoms with Gasteiger partial charge in [0, 0.05) is 4.47 Å². The molecular formula is C19H23BrO4. The summed E-state index contributed by atoms with van der Waals surface area (Å²) in [5.41, 5.74) is -0.121. The summed E-state index contributed by atoms with van der Waals surface area (Å²) in [5, 5.41) is 0. The predicted molar refractivity (Wildman–Crippen MR) is 95.0 cm³/mol. The molecule has 1 atom stereocenters. The van der Waals surface area contributed by atoms with Crippen molar-refractivity contribution in [3.63, 3.8) is 0 Å². The second kappa shape index (κ2) is 6.36. The second-order valence-corrected chi connectivity index (χ2v) is 8.57. The Hall–Kier alpha value is -1.62. The molecule has 1 aliphatic rings. The molecule has 24 heavy (non-hydrogen) atoms. The van der Waals surface area contributed by atoms with E-state index in [1.807, 2.05) is 38.1 Å². The van der Waals surface area contributed by atoms with Gasteiger partial charge in [-0.1, -0.05) is 28.1 Å². The van der Waals surface area contributed by atoms with Crippen molar-refractivity contribution < 1.29 is 19.1 Å². The normalized spacial score (nSPS) is 20.6. The number of cyclic esters (lactones) is 1. The summed E-state index contributed by atoms with van der Waals surface area (Å²) in [5.74, 6) is -0.445. The van der Waals surface area contributed by atoms with Crippen molar-refractivity contribution in [1.29, 1.82) is 0 Å². The first-order valence-corrected chi connectivity index (χ1v) is 8.64. The number of rotatable bonds is 2. The monoisotopic (exact) mass is 394 g/mol. The Labute approximate surface area is 151 Å². The molecule has 1 aliphatic heterocycles. The quantitative estimate of drug-likeness (QED) is 0.666. The van der Waals surface area contributed by atoms with Gasteiger partial charge in [-0.05, 0) is 59.2 Å². The van der Waals surface area contributed by atoms with Crippen LogP contribution in [0.5, 0.6) is 0 Å². The van der Waals surface area contributed by atoms with E-state index < -0.39 is 22.9 Å². The fourth-order valence-corrected chi connectivity index (χ4v) is 2.88. The van der Waals surface area contributed by atoms with E-state index in [9.17, 15) is 9.59 Å². The lowest BCUT2D eigenvalue weighted by molar-refractivity contribution is -0.162. The largest absolute Gasteiger partial charge is 0.453 e. The summed E-state index contributed by atoms with van der Waals surface area (Å²) in [6.07, 6.45) is -0.524. The third kappa shape index (κ3) is 3.56.